The van der Waals surface area contributed by atoms with Crippen LogP contribution < -0.4 is 4.52 Å². The summed E-state index contributed by atoms with van der Waals surface area (Å²) >= 11 is 5.47. The molecule has 136 valence electrons. The normalized spacial score (nSPS) is 11.5. The summed E-state index contributed by atoms with van der Waals surface area (Å²) in [7, 11) is 0. The molecule has 0 aliphatic heterocycles. The molecule has 0 aliphatic carbocycles. The first kappa shape index (κ1) is 18.8. The van der Waals surface area contributed by atoms with E-state index in [2.05, 4.69) is 5.16 Å². The molecular formula is C19H20NO4PS. The van der Waals surface area contributed by atoms with E-state index >= 15 is 0 Å². The van der Waals surface area contributed by atoms with Crippen molar-refractivity contribution >= 4 is 18.5 Å². The molecule has 0 fully saturated rings. The fourth-order valence-corrected chi connectivity index (χ4v) is 4.47. The molecule has 1 aromatic heterocycles. The first-order valence-corrected chi connectivity index (χ1v) is 10.9. The summed E-state index contributed by atoms with van der Waals surface area (Å²) in [6.45, 7) is 1.49. The van der Waals surface area contributed by atoms with E-state index in [4.69, 9.17) is 29.9 Å². The van der Waals surface area contributed by atoms with E-state index < -0.39 is 6.72 Å². The zero-order chi connectivity index (χ0) is 18.4. The molecule has 0 saturated carbocycles. The lowest BCUT2D eigenvalue weighted by Gasteiger charge is -2.19. The highest BCUT2D eigenvalue weighted by Crippen LogP contribution is 2.53. The molecule has 1 heterocycles. The van der Waals surface area contributed by atoms with Crippen molar-refractivity contribution in [2.75, 3.05) is 13.2 Å². The molecule has 0 bridgehead atoms. The van der Waals surface area contributed by atoms with Gasteiger partial charge in [-0.1, -0.05) is 65.8 Å². The lowest BCUT2D eigenvalue weighted by molar-refractivity contribution is 0.198. The molecule has 26 heavy (non-hydrogen) atoms. The molecule has 0 saturated heterocycles. The minimum atomic E-state index is -2.97. The van der Waals surface area contributed by atoms with Crippen molar-refractivity contribution in [3.05, 3.63) is 60.7 Å². The molecule has 0 N–H and O–H groups in total. The third kappa shape index (κ3) is 4.22. The topological polar surface area (TPSA) is 53.7 Å². The zero-order valence-corrected chi connectivity index (χ0v) is 16.3. The fraction of sp³-hybridized carbons (Fsp3) is 0.211. The first-order valence-electron chi connectivity index (χ1n) is 8.36. The van der Waals surface area contributed by atoms with E-state index in [0.717, 1.165) is 16.7 Å². The van der Waals surface area contributed by atoms with Gasteiger partial charge in [-0.2, -0.15) is 0 Å². The van der Waals surface area contributed by atoms with E-state index in [1.807, 2.05) is 74.5 Å². The average Bonchev–Trinajstić information content (AvgIpc) is 3.06. The summed E-state index contributed by atoms with van der Waals surface area (Å²) in [6.07, 6.45) is 0. The Morgan fingerprint density at radius 1 is 0.885 bits per heavy atom. The molecule has 0 radical (unpaired) electrons. The summed E-state index contributed by atoms with van der Waals surface area (Å²) in [4.78, 5) is 0. The van der Waals surface area contributed by atoms with Crippen molar-refractivity contribution in [3.8, 4) is 28.3 Å². The van der Waals surface area contributed by atoms with Crippen LogP contribution in [0, 0.1) is 0 Å². The number of hydrogen-bond donors (Lipinski definition) is 0. The van der Waals surface area contributed by atoms with Gasteiger partial charge in [0.15, 0.2) is 0 Å². The van der Waals surface area contributed by atoms with Crippen molar-refractivity contribution in [1.82, 2.24) is 5.16 Å². The summed E-state index contributed by atoms with van der Waals surface area (Å²) in [6, 6.07) is 19.6. The van der Waals surface area contributed by atoms with Crippen LogP contribution in [0.1, 0.15) is 13.8 Å². The largest absolute Gasteiger partial charge is 0.389 e. The summed E-state index contributed by atoms with van der Waals surface area (Å²) in [5.74, 6) is 0.209. The van der Waals surface area contributed by atoms with E-state index in [0.29, 0.717) is 18.9 Å². The van der Waals surface area contributed by atoms with Gasteiger partial charge in [0, 0.05) is 17.4 Å². The van der Waals surface area contributed by atoms with Gasteiger partial charge in [-0.25, -0.2) is 0 Å². The van der Waals surface area contributed by atoms with Crippen LogP contribution in [0.25, 0.3) is 22.4 Å². The lowest BCUT2D eigenvalue weighted by Crippen LogP contribution is -2.02. The highest BCUT2D eigenvalue weighted by molar-refractivity contribution is 8.07. The van der Waals surface area contributed by atoms with Crippen LogP contribution in [0.4, 0.5) is 0 Å². The van der Waals surface area contributed by atoms with Gasteiger partial charge < -0.3 is 9.05 Å². The fourth-order valence-electron chi connectivity index (χ4n) is 2.50. The molecule has 7 heteroatoms. The molecular weight excluding hydrogens is 369 g/mol. The van der Waals surface area contributed by atoms with Gasteiger partial charge >= 0.3 is 12.7 Å². The Kier molecular flexibility index (Phi) is 6.22. The Hall–Kier alpha value is -1.98. The van der Waals surface area contributed by atoms with Crippen LogP contribution in [-0.2, 0) is 20.9 Å². The van der Waals surface area contributed by atoms with Crippen LogP contribution in [0.15, 0.2) is 65.2 Å². The molecule has 0 unspecified atom stereocenters. The number of nitrogens with zero attached hydrogens (tertiary/aromatic N) is 1. The highest BCUT2D eigenvalue weighted by Gasteiger charge is 2.28. The molecule has 5 nitrogen and oxygen atoms in total. The quantitative estimate of drug-likeness (QED) is 0.462. The van der Waals surface area contributed by atoms with Crippen molar-refractivity contribution in [2.24, 2.45) is 0 Å². The Labute approximate surface area is 158 Å². The third-order valence-corrected chi connectivity index (χ3v) is 5.93. The number of rotatable bonds is 8. The molecule has 3 aromatic rings. The molecule has 2 aromatic carbocycles. The second-order valence-corrected chi connectivity index (χ2v) is 8.23. The Morgan fingerprint density at radius 2 is 1.42 bits per heavy atom. The van der Waals surface area contributed by atoms with Gasteiger partial charge in [-0.3, -0.25) is 9.05 Å². The van der Waals surface area contributed by atoms with Crippen LogP contribution in [-0.4, -0.2) is 18.4 Å². The maximum absolute atomic E-state index is 5.92. The SMILES string of the molecule is CCOP(=S)(OCC)Oc1onc(-c2ccccc2)c1-c1ccccc1. The highest BCUT2D eigenvalue weighted by atomic mass is 32.5. The first-order chi connectivity index (χ1) is 12.7. The van der Waals surface area contributed by atoms with Crippen molar-refractivity contribution in [2.45, 2.75) is 13.8 Å². The average molecular weight is 389 g/mol. The molecule has 3 rings (SSSR count). The predicted molar refractivity (Wildman–Crippen MR) is 106 cm³/mol. The minimum Gasteiger partial charge on any atom is -0.389 e. The Morgan fingerprint density at radius 3 is 1.96 bits per heavy atom. The number of benzene rings is 2. The number of hydrogen-bond acceptors (Lipinski definition) is 6. The summed E-state index contributed by atoms with van der Waals surface area (Å²) < 4.78 is 22.6. The van der Waals surface area contributed by atoms with Gasteiger partial charge in [0.1, 0.15) is 5.69 Å². The Bertz CT molecular complexity index is 873. The maximum atomic E-state index is 5.92. The lowest BCUT2D eigenvalue weighted by atomic mass is 10.0. The molecule has 0 amide bonds. The van der Waals surface area contributed by atoms with Gasteiger partial charge in [-0.15, -0.1) is 0 Å². The summed E-state index contributed by atoms with van der Waals surface area (Å²) in [5, 5.41) is 4.23. The van der Waals surface area contributed by atoms with Gasteiger partial charge in [0.25, 0.3) is 0 Å². The minimum absolute atomic E-state index is 0.209. The van der Waals surface area contributed by atoms with E-state index in [1.54, 1.807) is 0 Å². The van der Waals surface area contributed by atoms with Gasteiger partial charge in [0.05, 0.1) is 18.8 Å². The monoisotopic (exact) mass is 389 g/mol. The zero-order valence-electron chi connectivity index (χ0n) is 14.6. The smallest absolute Gasteiger partial charge is 0.382 e. The predicted octanol–water partition coefficient (Wildman–Crippen LogP) is 5.68. The van der Waals surface area contributed by atoms with Crippen LogP contribution in [0.5, 0.6) is 5.95 Å². The van der Waals surface area contributed by atoms with Crippen molar-refractivity contribution in [1.29, 1.82) is 0 Å². The molecule has 0 atom stereocenters. The van der Waals surface area contributed by atoms with E-state index in [9.17, 15) is 0 Å². The maximum Gasteiger partial charge on any atom is 0.382 e. The third-order valence-electron chi connectivity index (χ3n) is 3.54. The molecule has 0 spiro atoms. The summed E-state index contributed by atoms with van der Waals surface area (Å²) in [5.41, 5.74) is 3.25. The van der Waals surface area contributed by atoms with E-state index in [1.165, 1.54) is 0 Å². The Balaban J connectivity index is 2.09. The second-order valence-electron chi connectivity index (χ2n) is 5.30. The van der Waals surface area contributed by atoms with E-state index in [-0.39, 0.29) is 5.95 Å². The second kappa shape index (κ2) is 8.60. The number of aromatic nitrogens is 1. The van der Waals surface area contributed by atoms with Crippen molar-refractivity contribution < 1.29 is 18.1 Å². The standard InChI is InChI=1S/C19H20NO4PS/c1-3-21-25(26,22-4-2)24-19-17(15-11-7-5-8-12-15)18(20-23-19)16-13-9-6-10-14-16/h5-14H,3-4H2,1-2H3. The van der Waals surface area contributed by atoms with Crippen LogP contribution in [0.3, 0.4) is 0 Å². The van der Waals surface area contributed by atoms with Crippen LogP contribution in [0.2, 0.25) is 0 Å². The van der Waals surface area contributed by atoms with Gasteiger partial charge in [0.2, 0.25) is 0 Å². The van der Waals surface area contributed by atoms with Gasteiger partial charge in [-0.05, 0) is 19.4 Å². The van der Waals surface area contributed by atoms with Crippen LogP contribution >= 0.6 is 6.72 Å². The molecule has 0 aliphatic rings. The van der Waals surface area contributed by atoms with Crippen molar-refractivity contribution in [3.63, 3.8) is 0 Å².